The van der Waals surface area contributed by atoms with E-state index >= 15 is 0 Å². The van der Waals surface area contributed by atoms with Gasteiger partial charge in [0.25, 0.3) is 0 Å². The van der Waals surface area contributed by atoms with Crippen molar-refractivity contribution in [3.05, 3.63) is 24.3 Å². The van der Waals surface area contributed by atoms with Crippen LogP contribution in [0, 0.1) is 11.8 Å². The van der Waals surface area contributed by atoms with Crippen molar-refractivity contribution in [3.8, 4) is 0 Å². The molecular formula is C14H19N3. The van der Waals surface area contributed by atoms with Gasteiger partial charge in [0.1, 0.15) is 0 Å². The highest BCUT2D eigenvalue weighted by molar-refractivity contribution is 5.77. The molecule has 1 fully saturated rings. The Kier molecular flexibility index (Phi) is 2.54. The van der Waals surface area contributed by atoms with Gasteiger partial charge in [0.15, 0.2) is 0 Å². The minimum absolute atomic E-state index is 0.756. The third-order valence-electron chi connectivity index (χ3n) is 3.55. The molecule has 1 aliphatic heterocycles. The van der Waals surface area contributed by atoms with E-state index in [9.17, 15) is 0 Å². The highest BCUT2D eigenvalue weighted by atomic mass is 15.3. The van der Waals surface area contributed by atoms with Gasteiger partial charge in [-0.1, -0.05) is 26.0 Å². The van der Waals surface area contributed by atoms with E-state index in [1.807, 2.05) is 12.1 Å². The van der Waals surface area contributed by atoms with Crippen LogP contribution in [0.1, 0.15) is 20.3 Å². The van der Waals surface area contributed by atoms with Crippen molar-refractivity contribution in [1.82, 2.24) is 9.97 Å². The Morgan fingerprint density at radius 1 is 1.18 bits per heavy atom. The van der Waals surface area contributed by atoms with E-state index in [1.165, 1.54) is 6.42 Å². The van der Waals surface area contributed by atoms with Gasteiger partial charge in [-0.3, -0.25) is 0 Å². The molecule has 1 aliphatic rings. The summed E-state index contributed by atoms with van der Waals surface area (Å²) in [6.07, 6.45) is 1.33. The predicted molar refractivity (Wildman–Crippen MR) is 71.3 cm³/mol. The largest absolute Gasteiger partial charge is 0.342 e. The van der Waals surface area contributed by atoms with Crippen LogP contribution in [0.3, 0.4) is 0 Å². The summed E-state index contributed by atoms with van der Waals surface area (Å²) in [6.45, 7) is 6.88. The van der Waals surface area contributed by atoms with Crippen LogP contribution < -0.4 is 4.90 Å². The third-order valence-corrected chi connectivity index (χ3v) is 3.55. The predicted octanol–water partition coefficient (Wildman–Crippen LogP) is 3.05. The van der Waals surface area contributed by atoms with Gasteiger partial charge in [-0.25, -0.2) is 4.98 Å². The fourth-order valence-electron chi connectivity index (χ4n) is 2.92. The quantitative estimate of drug-likeness (QED) is 0.815. The van der Waals surface area contributed by atoms with Crippen molar-refractivity contribution in [2.24, 2.45) is 11.8 Å². The summed E-state index contributed by atoms with van der Waals surface area (Å²) in [5.74, 6) is 2.54. The van der Waals surface area contributed by atoms with Gasteiger partial charge in [0.2, 0.25) is 5.95 Å². The SMILES string of the molecule is C[C@H]1C[C@H](C)CN(c2nc3ccccc3[nH]2)C1. The van der Waals surface area contributed by atoms with Crippen molar-refractivity contribution in [1.29, 1.82) is 0 Å². The summed E-state index contributed by atoms with van der Waals surface area (Å²) in [6, 6.07) is 8.23. The molecule has 1 N–H and O–H groups in total. The molecule has 17 heavy (non-hydrogen) atoms. The first-order valence-electron chi connectivity index (χ1n) is 6.42. The molecule has 0 spiro atoms. The number of piperidine rings is 1. The molecule has 0 aliphatic carbocycles. The van der Waals surface area contributed by atoms with Crippen LogP contribution in [-0.4, -0.2) is 23.1 Å². The number of hydrogen-bond acceptors (Lipinski definition) is 2. The molecule has 1 aromatic carbocycles. The molecule has 3 rings (SSSR count). The number of nitrogens with one attached hydrogen (secondary N) is 1. The average molecular weight is 229 g/mol. The molecule has 0 saturated carbocycles. The number of nitrogens with zero attached hydrogens (tertiary/aromatic N) is 2. The number of benzene rings is 1. The maximum Gasteiger partial charge on any atom is 0.203 e. The zero-order chi connectivity index (χ0) is 11.8. The number of imidazole rings is 1. The van der Waals surface area contributed by atoms with Crippen LogP contribution in [0.2, 0.25) is 0 Å². The summed E-state index contributed by atoms with van der Waals surface area (Å²) in [4.78, 5) is 10.5. The van der Waals surface area contributed by atoms with Gasteiger partial charge in [0, 0.05) is 13.1 Å². The third kappa shape index (κ3) is 2.02. The number of hydrogen-bond donors (Lipinski definition) is 1. The Labute approximate surface area is 102 Å². The standard InChI is InChI=1S/C14H19N3/c1-10-7-11(2)9-17(8-10)14-15-12-5-3-4-6-13(12)16-14/h3-6,10-11H,7-9H2,1-2H3,(H,15,16)/t10-,11-/m0/s1. The fraction of sp³-hybridized carbons (Fsp3) is 0.500. The topological polar surface area (TPSA) is 31.9 Å². The van der Waals surface area contributed by atoms with E-state index in [1.54, 1.807) is 0 Å². The second-order valence-electron chi connectivity index (χ2n) is 5.43. The van der Waals surface area contributed by atoms with Crippen LogP contribution >= 0.6 is 0 Å². The highest BCUT2D eigenvalue weighted by Crippen LogP contribution is 2.25. The van der Waals surface area contributed by atoms with E-state index < -0.39 is 0 Å². The zero-order valence-corrected chi connectivity index (χ0v) is 10.5. The molecule has 0 unspecified atom stereocenters. The molecule has 3 heteroatoms. The lowest BCUT2D eigenvalue weighted by molar-refractivity contribution is 0.354. The molecule has 90 valence electrons. The number of para-hydroxylation sites is 2. The van der Waals surface area contributed by atoms with Gasteiger partial charge in [0.05, 0.1) is 11.0 Å². The monoisotopic (exact) mass is 229 g/mol. The van der Waals surface area contributed by atoms with E-state index in [0.29, 0.717) is 0 Å². The number of aromatic nitrogens is 2. The number of anilines is 1. The van der Waals surface area contributed by atoms with Gasteiger partial charge >= 0.3 is 0 Å². The molecule has 0 bridgehead atoms. The van der Waals surface area contributed by atoms with E-state index in [0.717, 1.165) is 41.9 Å². The van der Waals surface area contributed by atoms with E-state index in [2.05, 4.69) is 40.8 Å². The summed E-state index contributed by atoms with van der Waals surface area (Å²) in [5, 5.41) is 0. The highest BCUT2D eigenvalue weighted by Gasteiger charge is 2.23. The van der Waals surface area contributed by atoms with Crippen LogP contribution in [-0.2, 0) is 0 Å². The van der Waals surface area contributed by atoms with Crippen molar-refractivity contribution in [2.45, 2.75) is 20.3 Å². The molecular weight excluding hydrogens is 210 g/mol. The van der Waals surface area contributed by atoms with E-state index in [-0.39, 0.29) is 0 Å². The number of aromatic amines is 1. The first kappa shape index (κ1) is 10.6. The lowest BCUT2D eigenvalue weighted by Crippen LogP contribution is -2.39. The smallest absolute Gasteiger partial charge is 0.203 e. The van der Waals surface area contributed by atoms with Crippen LogP contribution in [0.25, 0.3) is 11.0 Å². The van der Waals surface area contributed by atoms with Crippen LogP contribution in [0.5, 0.6) is 0 Å². The summed E-state index contributed by atoms with van der Waals surface area (Å²) >= 11 is 0. The normalized spacial score (nSPS) is 25.4. The molecule has 0 radical (unpaired) electrons. The molecule has 2 heterocycles. The first-order chi connectivity index (χ1) is 8.22. The van der Waals surface area contributed by atoms with E-state index in [4.69, 9.17) is 0 Å². The fourth-order valence-corrected chi connectivity index (χ4v) is 2.92. The summed E-state index contributed by atoms with van der Waals surface area (Å²) < 4.78 is 0. The maximum atomic E-state index is 4.68. The van der Waals surface area contributed by atoms with Crippen molar-refractivity contribution >= 4 is 17.0 Å². The molecule has 1 aromatic heterocycles. The lowest BCUT2D eigenvalue weighted by atomic mass is 9.92. The first-order valence-corrected chi connectivity index (χ1v) is 6.42. The van der Waals surface area contributed by atoms with Crippen molar-refractivity contribution in [3.63, 3.8) is 0 Å². The molecule has 1 saturated heterocycles. The molecule has 3 nitrogen and oxygen atoms in total. The summed E-state index contributed by atoms with van der Waals surface area (Å²) in [5.41, 5.74) is 2.20. The second-order valence-corrected chi connectivity index (χ2v) is 5.43. The Hall–Kier alpha value is -1.51. The van der Waals surface area contributed by atoms with Crippen molar-refractivity contribution < 1.29 is 0 Å². The Morgan fingerprint density at radius 2 is 1.88 bits per heavy atom. The second kappa shape index (κ2) is 4.06. The van der Waals surface area contributed by atoms with Crippen LogP contribution in [0.4, 0.5) is 5.95 Å². The number of fused-ring (bicyclic) bond motifs is 1. The maximum absolute atomic E-state index is 4.68. The van der Waals surface area contributed by atoms with Gasteiger partial charge in [-0.2, -0.15) is 0 Å². The Bertz CT molecular complexity index is 474. The lowest BCUT2D eigenvalue weighted by Gasteiger charge is -2.34. The van der Waals surface area contributed by atoms with Crippen molar-refractivity contribution in [2.75, 3.05) is 18.0 Å². The van der Waals surface area contributed by atoms with Gasteiger partial charge in [-0.05, 0) is 30.4 Å². The Morgan fingerprint density at radius 3 is 2.59 bits per heavy atom. The van der Waals surface area contributed by atoms with Crippen LogP contribution in [0.15, 0.2) is 24.3 Å². The number of H-pyrrole nitrogens is 1. The molecule has 2 aromatic rings. The number of rotatable bonds is 1. The molecule has 2 atom stereocenters. The van der Waals surface area contributed by atoms with Gasteiger partial charge in [-0.15, -0.1) is 0 Å². The summed E-state index contributed by atoms with van der Waals surface area (Å²) in [7, 11) is 0. The Balaban J connectivity index is 1.92. The minimum Gasteiger partial charge on any atom is -0.342 e. The zero-order valence-electron chi connectivity index (χ0n) is 10.5. The van der Waals surface area contributed by atoms with Gasteiger partial charge < -0.3 is 9.88 Å². The minimum atomic E-state index is 0.756. The molecule has 0 amide bonds. The average Bonchev–Trinajstić information content (AvgIpc) is 2.71.